The molecule has 1 heterocycles. The smallest absolute Gasteiger partial charge is 0.284 e. The molecule has 2 unspecified atom stereocenters. The predicted octanol–water partition coefficient (Wildman–Crippen LogP) is 3.13. The van der Waals surface area contributed by atoms with Crippen LogP contribution in [0.4, 0.5) is 8.78 Å². The van der Waals surface area contributed by atoms with E-state index in [4.69, 9.17) is 4.42 Å². The van der Waals surface area contributed by atoms with E-state index in [0.29, 0.717) is 24.1 Å². The van der Waals surface area contributed by atoms with Crippen LogP contribution in [0.5, 0.6) is 0 Å². The fourth-order valence-electron chi connectivity index (χ4n) is 2.32. The van der Waals surface area contributed by atoms with E-state index in [1.54, 1.807) is 12.1 Å². The lowest BCUT2D eigenvalue weighted by Gasteiger charge is -2.28. The summed E-state index contributed by atoms with van der Waals surface area (Å²) in [5, 5.41) is 13.1. The number of thioether (sulfide) groups is 1. The van der Waals surface area contributed by atoms with E-state index in [1.807, 2.05) is 0 Å². The van der Waals surface area contributed by atoms with Crippen molar-refractivity contribution in [2.24, 2.45) is 0 Å². The molecular formula is C13H19F2NO2S. The van der Waals surface area contributed by atoms with Crippen LogP contribution in [0, 0.1) is 0 Å². The van der Waals surface area contributed by atoms with Crippen LogP contribution < -0.4 is 5.32 Å². The monoisotopic (exact) mass is 291 g/mol. The molecular weight excluding hydrogens is 272 g/mol. The molecule has 1 fully saturated rings. The van der Waals surface area contributed by atoms with Crippen LogP contribution in [-0.2, 0) is 12.3 Å². The van der Waals surface area contributed by atoms with Gasteiger partial charge in [0.05, 0.1) is 18.4 Å². The molecule has 0 bridgehead atoms. The molecule has 0 saturated heterocycles. The summed E-state index contributed by atoms with van der Waals surface area (Å²) in [6.45, 7) is 0.529. The van der Waals surface area contributed by atoms with Crippen molar-refractivity contribution in [3.63, 3.8) is 0 Å². The van der Waals surface area contributed by atoms with Crippen LogP contribution in [0.1, 0.15) is 37.2 Å². The van der Waals surface area contributed by atoms with E-state index in [9.17, 15) is 13.9 Å². The Balaban J connectivity index is 1.76. The zero-order chi connectivity index (χ0) is 13.7. The highest BCUT2D eigenvalue weighted by Crippen LogP contribution is 2.22. The molecule has 1 aromatic heterocycles. The number of furan rings is 1. The summed E-state index contributed by atoms with van der Waals surface area (Å²) >= 11 is 0.557. The molecule has 6 heteroatoms. The first kappa shape index (κ1) is 14.8. The molecule has 0 aliphatic heterocycles. The van der Waals surface area contributed by atoms with Crippen molar-refractivity contribution in [3.8, 4) is 0 Å². The Labute approximate surface area is 115 Å². The van der Waals surface area contributed by atoms with Crippen molar-refractivity contribution >= 4 is 11.8 Å². The highest BCUT2D eigenvalue weighted by molar-refractivity contribution is 7.98. The summed E-state index contributed by atoms with van der Waals surface area (Å²) in [5.41, 5.74) is 0. The van der Waals surface area contributed by atoms with Gasteiger partial charge in [-0.2, -0.15) is 8.78 Å². The van der Waals surface area contributed by atoms with Crippen LogP contribution in [0.25, 0.3) is 0 Å². The molecule has 0 spiro atoms. The molecule has 2 atom stereocenters. The number of halogens is 2. The minimum absolute atomic E-state index is 0.109. The molecule has 0 radical (unpaired) electrons. The number of nitrogens with one attached hydrogen (secondary N) is 1. The standard InChI is InChI=1S/C13H19F2NO2S/c14-13(15)19-8-10-6-5-9(18-10)7-16-11-3-1-2-4-12(11)17/h5-6,11-13,16-17H,1-4,7-8H2. The van der Waals surface area contributed by atoms with Gasteiger partial charge in [0.15, 0.2) is 0 Å². The Morgan fingerprint density at radius 1 is 1.32 bits per heavy atom. The molecule has 1 aliphatic rings. The molecule has 2 N–H and O–H groups in total. The molecule has 3 nitrogen and oxygen atoms in total. The zero-order valence-electron chi connectivity index (χ0n) is 10.6. The topological polar surface area (TPSA) is 45.4 Å². The van der Waals surface area contributed by atoms with Gasteiger partial charge in [-0.25, -0.2) is 0 Å². The second kappa shape index (κ2) is 7.26. The molecule has 1 aliphatic carbocycles. The van der Waals surface area contributed by atoms with E-state index in [2.05, 4.69) is 5.32 Å². The van der Waals surface area contributed by atoms with Gasteiger partial charge in [-0.1, -0.05) is 24.6 Å². The van der Waals surface area contributed by atoms with Gasteiger partial charge in [-0.15, -0.1) is 0 Å². The van der Waals surface area contributed by atoms with Crippen molar-refractivity contribution in [2.75, 3.05) is 0 Å². The molecule has 1 saturated carbocycles. The largest absolute Gasteiger partial charge is 0.464 e. The minimum atomic E-state index is -2.37. The number of alkyl halides is 2. The Bertz CT molecular complexity index is 386. The van der Waals surface area contributed by atoms with Gasteiger partial charge in [-0.05, 0) is 25.0 Å². The van der Waals surface area contributed by atoms with E-state index in [1.165, 1.54) is 0 Å². The maximum atomic E-state index is 12.0. The highest BCUT2D eigenvalue weighted by atomic mass is 32.2. The van der Waals surface area contributed by atoms with Crippen molar-refractivity contribution in [3.05, 3.63) is 23.7 Å². The molecule has 2 rings (SSSR count). The highest BCUT2D eigenvalue weighted by Gasteiger charge is 2.22. The van der Waals surface area contributed by atoms with Crippen LogP contribution in [-0.4, -0.2) is 23.0 Å². The molecule has 1 aromatic rings. The van der Waals surface area contributed by atoms with Crippen molar-refractivity contribution in [1.82, 2.24) is 5.32 Å². The quantitative estimate of drug-likeness (QED) is 0.845. The summed E-state index contributed by atoms with van der Waals surface area (Å²) in [6, 6.07) is 3.63. The fraction of sp³-hybridized carbons (Fsp3) is 0.692. The average Bonchev–Trinajstić information content (AvgIpc) is 2.83. The summed E-state index contributed by atoms with van der Waals surface area (Å²) in [6.07, 6.45) is 3.72. The summed E-state index contributed by atoms with van der Waals surface area (Å²) in [4.78, 5) is 0. The Hall–Kier alpha value is -0.590. The van der Waals surface area contributed by atoms with Crippen molar-refractivity contribution < 1.29 is 18.3 Å². The van der Waals surface area contributed by atoms with Gasteiger partial charge < -0.3 is 14.8 Å². The van der Waals surface area contributed by atoms with Gasteiger partial charge in [-0.3, -0.25) is 0 Å². The van der Waals surface area contributed by atoms with Crippen LogP contribution in [0.15, 0.2) is 16.5 Å². The third kappa shape index (κ3) is 4.78. The minimum Gasteiger partial charge on any atom is -0.464 e. The second-order valence-corrected chi connectivity index (χ2v) is 5.76. The lowest BCUT2D eigenvalue weighted by molar-refractivity contribution is 0.0893. The summed E-state index contributed by atoms with van der Waals surface area (Å²) in [5.74, 6) is -0.901. The number of hydrogen-bond acceptors (Lipinski definition) is 4. The van der Waals surface area contributed by atoms with Crippen molar-refractivity contribution in [1.29, 1.82) is 0 Å². The van der Waals surface area contributed by atoms with Crippen LogP contribution >= 0.6 is 11.8 Å². The van der Waals surface area contributed by atoms with Gasteiger partial charge in [0.25, 0.3) is 5.76 Å². The molecule has 108 valence electrons. The van der Waals surface area contributed by atoms with Gasteiger partial charge in [0.2, 0.25) is 0 Å². The van der Waals surface area contributed by atoms with E-state index in [-0.39, 0.29) is 17.9 Å². The average molecular weight is 291 g/mol. The first-order chi connectivity index (χ1) is 9.15. The maximum absolute atomic E-state index is 12.0. The van der Waals surface area contributed by atoms with Gasteiger partial charge >= 0.3 is 0 Å². The molecule has 0 aromatic carbocycles. The molecule has 19 heavy (non-hydrogen) atoms. The van der Waals surface area contributed by atoms with E-state index < -0.39 is 5.76 Å². The summed E-state index contributed by atoms with van der Waals surface area (Å²) in [7, 11) is 0. The predicted molar refractivity (Wildman–Crippen MR) is 71.1 cm³/mol. The maximum Gasteiger partial charge on any atom is 0.284 e. The van der Waals surface area contributed by atoms with E-state index >= 15 is 0 Å². The second-order valence-electron chi connectivity index (χ2n) is 4.78. The van der Waals surface area contributed by atoms with Crippen LogP contribution in [0.2, 0.25) is 0 Å². The lowest BCUT2D eigenvalue weighted by Crippen LogP contribution is -2.41. The lowest BCUT2D eigenvalue weighted by atomic mass is 9.92. The Kier molecular flexibility index (Phi) is 5.66. The Morgan fingerprint density at radius 2 is 2.05 bits per heavy atom. The number of rotatable bonds is 6. The zero-order valence-corrected chi connectivity index (χ0v) is 11.5. The number of aliphatic hydroxyl groups is 1. The third-order valence-corrected chi connectivity index (χ3v) is 4.04. The first-order valence-corrected chi connectivity index (χ1v) is 7.59. The van der Waals surface area contributed by atoms with Gasteiger partial charge in [0, 0.05) is 6.04 Å². The van der Waals surface area contributed by atoms with Crippen LogP contribution in [0.3, 0.4) is 0 Å². The first-order valence-electron chi connectivity index (χ1n) is 6.54. The molecule has 0 amide bonds. The van der Waals surface area contributed by atoms with E-state index in [0.717, 1.165) is 31.4 Å². The fourth-order valence-corrected chi connectivity index (χ4v) is 2.77. The SMILES string of the molecule is OC1CCCCC1NCc1ccc(CSC(F)F)o1. The third-order valence-electron chi connectivity index (χ3n) is 3.34. The summed E-state index contributed by atoms with van der Waals surface area (Å²) < 4.78 is 29.5. The van der Waals surface area contributed by atoms with Crippen molar-refractivity contribution in [2.45, 2.75) is 55.9 Å². The number of aliphatic hydroxyl groups excluding tert-OH is 1. The normalized spacial score (nSPS) is 24.0. The number of hydrogen-bond donors (Lipinski definition) is 2. The Morgan fingerprint density at radius 3 is 2.79 bits per heavy atom. The van der Waals surface area contributed by atoms with Gasteiger partial charge in [0.1, 0.15) is 11.5 Å².